The number of carbonyl (C=O) groups excluding carboxylic acids is 1. The van der Waals surface area contributed by atoms with Crippen LogP contribution in [0, 0.1) is 17.8 Å². The molecule has 3 aliphatic heterocycles. The van der Waals surface area contributed by atoms with Crippen LogP contribution in [0.3, 0.4) is 0 Å². The van der Waals surface area contributed by atoms with E-state index in [2.05, 4.69) is 24.4 Å². The van der Waals surface area contributed by atoms with E-state index in [0.717, 1.165) is 38.2 Å². The maximum atomic E-state index is 12.7. The fourth-order valence-corrected chi connectivity index (χ4v) is 5.71. The molecule has 0 aliphatic carbocycles. The van der Waals surface area contributed by atoms with Crippen molar-refractivity contribution in [2.24, 2.45) is 17.8 Å². The number of carbonyl (C=O) groups is 1. The summed E-state index contributed by atoms with van der Waals surface area (Å²) in [5.74, 6) is -0.356. The quantitative estimate of drug-likeness (QED) is 0.134. The molecule has 0 bridgehead atoms. The Morgan fingerprint density at radius 3 is 2.66 bits per heavy atom. The van der Waals surface area contributed by atoms with Crippen molar-refractivity contribution >= 4 is 5.97 Å². The topological polar surface area (TPSA) is 124 Å². The summed E-state index contributed by atoms with van der Waals surface area (Å²) in [6.07, 6.45) is 9.86. The van der Waals surface area contributed by atoms with Gasteiger partial charge in [0.15, 0.2) is 0 Å². The molecule has 9 heteroatoms. The Bertz CT molecular complexity index is 914. The van der Waals surface area contributed by atoms with E-state index >= 15 is 0 Å². The number of esters is 1. The molecule has 9 nitrogen and oxygen atoms in total. The summed E-state index contributed by atoms with van der Waals surface area (Å²) < 4.78 is 11.6. The first-order chi connectivity index (χ1) is 19.4. The summed E-state index contributed by atoms with van der Waals surface area (Å²) in [4.78, 5) is 19.1. The third-order valence-corrected chi connectivity index (χ3v) is 8.65. The van der Waals surface area contributed by atoms with Gasteiger partial charge in [-0.2, -0.15) is 5.06 Å². The number of hydrogen-bond donors (Lipinski definition) is 4. The first-order valence-corrected chi connectivity index (χ1v) is 15.5. The minimum atomic E-state index is -1.09. The smallest absolute Gasteiger partial charge is 0.309 e. The minimum Gasteiger partial charge on any atom is -0.457 e. The lowest BCUT2D eigenvalue weighted by Gasteiger charge is -2.33. The van der Waals surface area contributed by atoms with E-state index in [9.17, 15) is 20.1 Å². The number of cyclic esters (lactones) is 1. The number of aliphatic hydroxyl groups is 3. The third-order valence-electron chi connectivity index (χ3n) is 8.65. The largest absolute Gasteiger partial charge is 0.457 e. The minimum absolute atomic E-state index is 0.0283. The van der Waals surface area contributed by atoms with Gasteiger partial charge in [-0.15, -0.1) is 0 Å². The summed E-state index contributed by atoms with van der Waals surface area (Å²) in [6, 6.07) is 0. The molecular formula is C32H54N2O7. The highest BCUT2D eigenvalue weighted by atomic mass is 16.7. The van der Waals surface area contributed by atoms with Crippen LogP contribution in [-0.4, -0.2) is 94.8 Å². The van der Waals surface area contributed by atoms with E-state index in [1.807, 2.05) is 38.8 Å². The van der Waals surface area contributed by atoms with Gasteiger partial charge in [0.05, 0.1) is 42.5 Å². The van der Waals surface area contributed by atoms with Gasteiger partial charge >= 0.3 is 5.97 Å². The van der Waals surface area contributed by atoms with Gasteiger partial charge in [-0.1, -0.05) is 58.1 Å². The van der Waals surface area contributed by atoms with Crippen LogP contribution in [-0.2, 0) is 19.1 Å². The van der Waals surface area contributed by atoms with Gasteiger partial charge in [0.2, 0.25) is 0 Å². The number of rotatable bonds is 10. The second-order valence-corrected chi connectivity index (χ2v) is 12.6. The van der Waals surface area contributed by atoms with Crippen LogP contribution in [0.5, 0.6) is 0 Å². The zero-order chi connectivity index (χ0) is 30.2. The molecule has 10 unspecified atom stereocenters. The van der Waals surface area contributed by atoms with Crippen molar-refractivity contribution < 1.29 is 34.4 Å². The van der Waals surface area contributed by atoms with E-state index in [4.69, 9.17) is 14.3 Å². The summed E-state index contributed by atoms with van der Waals surface area (Å²) in [5.41, 5.74) is -0.252. The Labute approximate surface area is 246 Å². The lowest BCUT2D eigenvalue weighted by Crippen LogP contribution is -2.45. The molecule has 3 heterocycles. The molecule has 0 spiro atoms. The Hall–Kier alpha value is -1.59. The highest BCUT2D eigenvalue weighted by Gasteiger charge is 2.47. The third kappa shape index (κ3) is 10.9. The predicted octanol–water partition coefficient (Wildman–Crippen LogP) is 3.29. The lowest BCUT2D eigenvalue weighted by atomic mass is 9.91. The summed E-state index contributed by atoms with van der Waals surface area (Å²) in [7, 11) is 0. The number of ether oxygens (including phenoxy) is 2. The average Bonchev–Trinajstić information content (AvgIpc) is 3.69. The fraction of sp³-hybridized carbons (Fsp3) is 0.781. The highest BCUT2D eigenvalue weighted by molar-refractivity contribution is 5.70. The number of aliphatic hydroxyl groups excluding tert-OH is 2. The molecule has 0 aromatic carbocycles. The molecule has 0 aromatic heterocycles. The Kier molecular flexibility index (Phi) is 13.0. The van der Waals surface area contributed by atoms with Crippen LogP contribution in [0.1, 0.15) is 73.6 Å². The SMILES string of the molecule is CCC(O)C(C)C1OC1CC(C)(O)/C=C/C=C(\C)C1OC(=O)CC(O)CCC(C)C(ON2CCNCC2)/C=C/C1C. The van der Waals surface area contributed by atoms with Gasteiger partial charge in [0.25, 0.3) is 0 Å². The van der Waals surface area contributed by atoms with Crippen LogP contribution < -0.4 is 5.32 Å². The van der Waals surface area contributed by atoms with E-state index in [0.29, 0.717) is 19.3 Å². The van der Waals surface area contributed by atoms with E-state index in [1.54, 1.807) is 19.1 Å². The molecule has 3 rings (SSSR count). The number of nitrogens with one attached hydrogen (secondary N) is 1. The van der Waals surface area contributed by atoms with Gasteiger partial charge in [-0.3, -0.25) is 9.63 Å². The van der Waals surface area contributed by atoms with Crippen molar-refractivity contribution in [1.82, 2.24) is 10.4 Å². The van der Waals surface area contributed by atoms with Gasteiger partial charge in [0, 0.05) is 44.4 Å². The number of epoxide rings is 1. The number of piperazine rings is 1. The Morgan fingerprint density at radius 2 is 1.98 bits per heavy atom. The second kappa shape index (κ2) is 15.8. The standard InChI is InChI=1S/C32H54N2O7/c1-7-26(36)24(5)31-28(39-31)20-32(6,38)14-8-9-22(3)30-23(4)11-13-27(41-34-17-15-33-16-18-34)21(2)10-12-25(35)19-29(37)40-30/h8-9,11,13-14,21,23-28,30-31,33,35-36,38H,7,10,12,15-20H2,1-6H3/b13-11+,14-8+,22-9+. The van der Waals surface area contributed by atoms with Crippen molar-refractivity contribution in [3.05, 3.63) is 36.0 Å². The monoisotopic (exact) mass is 578 g/mol. The zero-order valence-corrected chi connectivity index (χ0v) is 25.9. The molecule has 2 fully saturated rings. The second-order valence-electron chi connectivity index (χ2n) is 12.6. The molecule has 234 valence electrons. The Morgan fingerprint density at radius 1 is 1.27 bits per heavy atom. The van der Waals surface area contributed by atoms with Crippen LogP contribution in [0.2, 0.25) is 0 Å². The average molecular weight is 579 g/mol. The maximum Gasteiger partial charge on any atom is 0.309 e. The molecule has 10 atom stereocenters. The first kappa shape index (κ1) is 33.9. The molecule has 0 saturated carbocycles. The summed E-state index contributed by atoms with van der Waals surface area (Å²) in [6.45, 7) is 15.1. The van der Waals surface area contributed by atoms with Crippen molar-refractivity contribution in [3.63, 3.8) is 0 Å². The van der Waals surface area contributed by atoms with Crippen LogP contribution >= 0.6 is 0 Å². The van der Waals surface area contributed by atoms with Gasteiger partial charge in [0.1, 0.15) is 6.10 Å². The number of allylic oxidation sites excluding steroid dienone is 2. The molecule has 3 aliphatic rings. The van der Waals surface area contributed by atoms with Crippen LogP contribution in [0.15, 0.2) is 36.0 Å². The van der Waals surface area contributed by atoms with Crippen molar-refractivity contribution in [1.29, 1.82) is 0 Å². The van der Waals surface area contributed by atoms with Crippen molar-refractivity contribution in [3.8, 4) is 0 Å². The molecule has 41 heavy (non-hydrogen) atoms. The Balaban J connectivity index is 1.69. The van der Waals surface area contributed by atoms with Gasteiger partial charge in [-0.05, 0) is 44.6 Å². The number of hydroxylamine groups is 2. The zero-order valence-electron chi connectivity index (χ0n) is 25.9. The van der Waals surface area contributed by atoms with Crippen LogP contribution in [0.25, 0.3) is 0 Å². The number of hydrogen-bond acceptors (Lipinski definition) is 9. The fourth-order valence-electron chi connectivity index (χ4n) is 5.71. The molecule has 4 N–H and O–H groups in total. The molecule has 0 radical (unpaired) electrons. The predicted molar refractivity (Wildman–Crippen MR) is 159 cm³/mol. The molecule has 2 saturated heterocycles. The lowest BCUT2D eigenvalue weighted by molar-refractivity contribution is -0.201. The molecule has 0 amide bonds. The maximum absolute atomic E-state index is 12.7. The van der Waals surface area contributed by atoms with Crippen LogP contribution in [0.4, 0.5) is 0 Å². The van der Waals surface area contributed by atoms with E-state index in [1.165, 1.54) is 0 Å². The van der Waals surface area contributed by atoms with Crippen molar-refractivity contribution in [2.75, 3.05) is 26.2 Å². The number of nitrogens with zero attached hydrogens (tertiary/aromatic N) is 1. The summed E-state index contributed by atoms with van der Waals surface area (Å²) >= 11 is 0. The summed E-state index contributed by atoms with van der Waals surface area (Å²) in [5, 5.41) is 36.9. The van der Waals surface area contributed by atoms with Gasteiger partial charge in [-0.25, -0.2) is 0 Å². The molecular weight excluding hydrogens is 524 g/mol. The molecule has 0 aromatic rings. The highest BCUT2D eigenvalue weighted by Crippen LogP contribution is 2.37. The van der Waals surface area contributed by atoms with Gasteiger partial charge < -0.3 is 30.1 Å². The van der Waals surface area contributed by atoms with E-state index < -0.39 is 29.9 Å². The van der Waals surface area contributed by atoms with Crippen molar-refractivity contribution in [2.45, 2.75) is 116 Å². The first-order valence-electron chi connectivity index (χ1n) is 15.5. The normalized spacial score (nSPS) is 36.5. The van der Waals surface area contributed by atoms with E-state index in [-0.39, 0.29) is 42.5 Å².